The highest BCUT2D eigenvalue weighted by Crippen LogP contribution is 2.34. The van der Waals surface area contributed by atoms with Crippen molar-refractivity contribution in [2.75, 3.05) is 11.9 Å². The lowest BCUT2D eigenvalue weighted by Crippen LogP contribution is -2.32. The standard InChI is InChI=1S/C13H14ClF3N2O/c1-7-9(4-5-18-7)12(20)19-11-6-8(13(15,16)17)2-3-10(11)14/h2-3,6-7,9,18H,4-5H2,1H3,(H,19,20). The van der Waals surface area contributed by atoms with Gasteiger partial charge in [-0.1, -0.05) is 11.6 Å². The summed E-state index contributed by atoms with van der Waals surface area (Å²) in [6.07, 6.45) is -3.81. The predicted octanol–water partition coefficient (Wildman–Crippen LogP) is 3.30. The van der Waals surface area contributed by atoms with E-state index in [4.69, 9.17) is 11.6 Å². The van der Waals surface area contributed by atoms with Crippen LogP contribution < -0.4 is 10.6 Å². The summed E-state index contributed by atoms with van der Waals surface area (Å²) in [5.41, 5.74) is -0.847. The van der Waals surface area contributed by atoms with Crippen LogP contribution in [-0.4, -0.2) is 18.5 Å². The lowest BCUT2D eigenvalue weighted by Gasteiger charge is -2.16. The van der Waals surface area contributed by atoms with Gasteiger partial charge in [-0.2, -0.15) is 13.2 Å². The summed E-state index contributed by atoms with van der Waals surface area (Å²) >= 11 is 5.84. The van der Waals surface area contributed by atoms with Gasteiger partial charge < -0.3 is 10.6 Å². The number of alkyl halides is 3. The lowest BCUT2D eigenvalue weighted by atomic mass is 10.0. The minimum atomic E-state index is -4.47. The molecule has 1 saturated heterocycles. The zero-order valence-corrected chi connectivity index (χ0v) is 11.5. The van der Waals surface area contributed by atoms with Crippen LogP contribution in [0, 0.1) is 5.92 Å². The quantitative estimate of drug-likeness (QED) is 0.880. The monoisotopic (exact) mass is 306 g/mol. The highest BCUT2D eigenvalue weighted by atomic mass is 35.5. The minimum Gasteiger partial charge on any atom is -0.324 e. The van der Waals surface area contributed by atoms with Gasteiger partial charge in [0.25, 0.3) is 0 Å². The van der Waals surface area contributed by atoms with E-state index in [-0.39, 0.29) is 28.6 Å². The van der Waals surface area contributed by atoms with Crippen LogP contribution >= 0.6 is 11.6 Å². The van der Waals surface area contributed by atoms with E-state index < -0.39 is 11.7 Å². The second-order valence-corrected chi connectivity index (χ2v) is 5.23. The molecular formula is C13H14ClF3N2O. The SMILES string of the molecule is CC1NCCC1C(=O)Nc1cc(C(F)(F)F)ccc1Cl. The van der Waals surface area contributed by atoms with E-state index in [1.807, 2.05) is 6.92 Å². The smallest absolute Gasteiger partial charge is 0.324 e. The van der Waals surface area contributed by atoms with Crippen molar-refractivity contribution in [3.8, 4) is 0 Å². The number of carbonyl (C=O) groups excluding carboxylic acids is 1. The first-order valence-electron chi connectivity index (χ1n) is 6.20. The Balaban J connectivity index is 2.18. The Hall–Kier alpha value is -1.27. The summed E-state index contributed by atoms with van der Waals surface area (Å²) in [6.45, 7) is 2.58. The van der Waals surface area contributed by atoms with E-state index >= 15 is 0 Å². The molecule has 1 amide bonds. The van der Waals surface area contributed by atoms with Crippen LogP contribution in [-0.2, 0) is 11.0 Å². The molecule has 2 rings (SSSR count). The van der Waals surface area contributed by atoms with Crippen molar-refractivity contribution in [1.29, 1.82) is 0 Å². The summed E-state index contributed by atoms with van der Waals surface area (Å²) in [7, 11) is 0. The number of anilines is 1. The molecular weight excluding hydrogens is 293 g/mol. The molecule has 1 aromatic rings. The Labute approximate surface area is 119 Å². The van der Waals surface area contributed by atoms with E-state index in [1.54, 1.807) is 0 Å². The predicted molar refractivity (Wildman–Crippen MR) is 70.7 cm³/mol. The Kier molecular flexibility index (Phi) is 4.25. The highest BCUT2D eigenvalue weighted by molar-refractivity contribution is 6.33. The molecule has 1 aliphatic rings. The molecule has 20 heavy (non-hydrogen) atoms. The molecule has 1 fully saturated rings. The van der Waals surface area contributed by atoms with Crippen molar-refractivity contribution >= 4 is 23.2 Å². The van der Waals surface area contributed by atoms with Crippen LogP contribution in [0.3, 0.4) is 0 Å². The van der Waals surface area contributed by atoms with E-state index in [9.17, 15) is 18.0 Å². The fraction of sp³-hybridized carbons (Fsp3) is 0.462. The number of amides is 1. The van der Waals surface area contributed by atoms with E-state index in [1.165, 1.54) is 0 Å². The summed E-state index contributed by atoms with van der Waals surface area (Å²) in [6, 6.07) is 2.88. The maximum absolute atomic E-state index is 12.6. The van der Waals surface area contributed by atoms with Gasteiger partial charge in [0, 0.05) is 6.04 Å². The van der Waals surface area contributed by atoms with Gasteiger partial charge in [0.15, 0.2) is 0 Å². The summed E-state index contributed by atoms with van der Waals surface area (Å²) in [5.74, 6) is -0.579. The van der Waals surface area contributed by atoms with Crippen LogP contribution in [0.25, 0.3) is 0 Å². The third-order valence-electron chi connectivity index (χ3n) is 3.41. The molecule has 0 spiro atoms. The number of nitrogens with one attached hydrogen (secondary N) is 2. The number of hydrogen-bond acceptors (Lipinski definition) is 2. The van der Waals surface area contributed by atoms with E-state index in [0.29, 0.717) is 6.42 Å². The number of halogens is 4. The Bertz CT molecular complexity index is 519. The second kappa shape index (κ2) is 5.61. The molecule has 7 heteroatoms. The largest absolute Gasteiger partial charge is 0.416 e. The summed E-state index contributed by atoms with van der Waals surface area (Å²) in [5, 5.41) is 5.68. The van der Waals surface area contributed by atoms with Crippen molar-refractivity contribution in [1.82, 2.24) is 5.32 Å². The molecule has 2 atom stereocenters. The minimum absolute atomic E-state index is 0.000394. The number of benzene rings is 1. The van der Waals surface area contributed by atoms with Gasteiger partial charge in [-0.15, -0.1) is 0 Å². The van der Waals surface area contributed by atoms with Gasteiger partial charge in [-0.3, -0.25) is 4.79 Å². The maximum atomic E-state index is 12.6. The normalized spacial score (nSPS) is 22.9. The van der Waals surface area contributed by atoms with Gasteiger partial charge in [-0.05, 0) is 38.1 Å². The molecule has 0 aromatic heterocycles. The average molecular weight is 307 g/mol. The third kappa shape index (κ3) is 3.24. The molecule has 1 heterocycles. The molecule has 1 aromatic carbocycles. The zero-order valence-electron chi connectivity index (χ0n) is 10.7. The Morgan fingerprint density at radius 3 is 2.70 bits per heavy atom. The molecule has 1 aliphatic heterocycles. The first kappa shape index (κ1) is 15.1. The van der Waals surface area contributed by atoms with E-state index in [2.05, 4.69) is 10.6 Å². The van der Waals surface area contributed by atoms with Crippen LogP contribution in [0.4, 0.5) is 18.9 Å². The molecule has 2 unspecified atom stereocenters. The second-order valence-electron chi connectivity index (χ2n) is 4.82. The van der Waals surface area contributed by atoms with Gasteiger partial charge in [0.05, 0.1) is 22.2 Å². The average Bonchev–Trinajstić information content (AvgIpc) is 2.77. The third-order valence-corrected chi connectivity index (χ3v) is 3.74. The highest BCUT2D eigenvalue weighted by Gasteiger charge is 2.32. The number of rotatable bonds is 2. The topological polar surface area (TPSA) is 41.1 Å². The Morgan fingerprint density at radius 2 is 2.15 bits per heavy atom. The molecule has 0 saturated carbocycles. The van der Waals surface area contributed by atoms with Crippen molar-refractivity contribution in [2.24, 2.45) is 5.92 Å². The number of hydrogen-bond donors (Lipinski definition) is 2. The van der Waals surface area contributed by atoms with Crippen LogP contribution in [0.1, 0.15) is 18.9 Å². The summed E-state index contributed by atoms with van der Waals surface area (Å²) in [4.78, 5) is 12.0. The van der Waals surface area contributed by atoms with Crippen molar-refractivity contribution in [3.63, 3.8) is 0 Å². The molecule has 2 N–H and O–H groups in total. The van der Waals surface area contributed by atoms with Gasteiger partial charge in [0.2, 0.25) is 5.91 Å². The van der Waals surface area contributed by atoms with Crippen molar-refractivity contribution in [3.05, 3.63) is 28.8 Å². The van der Waals surface area contributed by atoms with Crippen LogP contribution in [0.5, 0.6) is 0 Å². The zero-order chi connectivity index (χ0) is 14.9. The first-order valence-corrected chi connectivity index (χ1v) is 6.58. The van der Waals surface area contributed by atoms with Crippen molar-refractivity contribution < 1.29 is 18.0 Å². The number of carbonyl (C=O) groups is 1. The van der Waals surface area contributed by atoms with Crippen LogP contribution in [0.15, 0.2) is 18.2 Å². The van der Waals surface area contributed by atoms with E-state index in [0.717, 1.165) is 24.7 Å². The van der Waals surface area contributed by atoms with Crippen molar-refractivity contribution in [2.45, 2.75) is 25.6 Å². The van der Waals surface area contributed by atoms with Gasteiger partial charge in [-0.25, -0.2) is 0 Å². The van der Waals surface area contributed by atoms with Gasteiger partial charge in [0.1, 0.15) is 0 Å². The molecule has 0 radical (unpaired) electrons. The molecule has 0 aliphatic carbocycles. The summed E-state index contributed by atoms with van der Waals surface area (Å²) < 4.78 is 37.9. The lowest BCUT2D eigenvalue weighted by molar-refractivity contribution is -0.137. The van der Waals surface area contributed by atoms with Gasteiger partial charge >= 0.3 is 6.18 Å². The Morgan fingerprint density at radius 1 is 1.45 bits per heavy atom. The molecule has 3 nitrogen and oxygen atoms in total. The fourth-order valence-electron chi connectivity index (χ4n) is 2.24. The molecule has 0 bridgehead atoms. The van der Waals surface area contributed by atoms with Crippen LogP contribution in [0.2, 0.25) is 5.02 Å². The molecule has 110 valence electrons. The first-order chi connectivity index (χ1) is 9.29. The fourth-order valence-corrected chi connectivity index (χ4v) is 2.40. The maximum Gasteiger partial charge on any atom is 0.416 e.